The predicted octanol–water partition coefficient (Wildman–Crippen LogP) is 5.07. The van der Waals surface area contributed by atoms with Crippen LogP contribution in [-0.4, -0.2) is 21.8 Å². The lowest BCUT2D eigenvalue weighted by Gasteiger charge is -2.00. The highest BCUT2D eigenvalue weighted by atomic mass is 35.5. The predicted molar refractivity (Wildman–Crippen MR) is 97.1 cm³/mol. The molecular weight excluding hydrogens is 346 g/mol. The van der Waals surface area contributed by atoms with Gasteiger partial charge in [0.05, 0.1) is 11.3 Å². The number of carbonyl (C=O) groups excluding carboxylic acids is 1. The molecule has 1 amide bonds. The summed E-state index contributed by atoms with van der Waals surface area (Å²) in [6.07, 6.45) is 0. The summed E-state index contributed by atoms with van der Waals surface area (Å²) >= 11 is 7.36. The van der Waals surface area contributed by atoms with E-state index in [-0.39, 0.29) is 23.2 Å². The SMILES string of the molecule is O=C(CSCc1cccc(Cl)c1)N=Nc1c(O)[nH]c2ccccc12. The van der Waals surface area contributed by atoms with Crippen molar-refractivity contribution >= 4 is 45.9 Å². The number of aromatic hydroxyl groups is 1. The summed E-state index contributed by atoms with van der Waals surface area (Å²) in [5.74, 6) is 0.422. The Bertz CT molecular complexity index is 908. The molecule has 0 unspecified atom stereocenters. The largest absolute Gasteiger partial charge is 0.493 e. The van der Waals surface area contributed by atoms with Crippen molar-refractivity contribution in [3.8, 4) is 5.88 Å². The number of nitrogens with one attached hydrogen (secondary N) is 1. The van der Waals surface area contributed by atoms with E-state index in [2.05, 4.69) is 15.2 Å². The van der Waals surface area contributed by atoms with E-state index in [1.807, 2.05) is 42.5 Å². The average molecular weight is 360 g/mol. The van der Waals surface area contributed by atoms with Gasteiger partial charge >= 0.3 is 0 Å². The van der Waals surface area contributed by atoms with E-state index in [1.165, 1.54) is 11.8 Å². The lowest BCUT2D eigenvalue weighted by molar-refractivity contribution is -0.115. The van der Waals surface area contributed by atoms with Gasteiger partial charge in [0.2, 0.25) is 5.88 Å². The Morgan fingerprint density at radius 3 is 2.88 bits per heavy atom. The van der Waals surface area contributed by atoms with Crippen LogP contribution in [0, 0.1) is 0 Å². The minimum atomic E-state index is -0.355. The molecule has 2 aromatic carbocycles. The van der Waals surface area contributed by atoms with Crippen molar-refractivity contribution in [1.82, 2.24) is 4.98 Å². The molecule has 24 heavy (non-hydrogen) atoms. The fraction of sp³-hybridized carbons (Fsp3) is 0.118. The van der Waals surface area contributed by atoms with Crippen LogP contribution in [0.3, 0.4) is 0 Å². The zero-order chi connectivity index (χ0) is 16.9. The standard InChI is InChI=1S/C17H14ClN3O2S/c18-12-5-3-4-11(8-12)9-24-10-15(22)20-21-16-13-6-1-2-7-14(13)19-17(16)23/h1-8,19,23H,9-10H2. The van der Waals surface area contributed by atoms with Crippen molar-refractivity contribution < 1.29 is 9.90 Å². The number of rotatable bonds is 5. The number of nitrogens with zero attached hydrogens (tertiary/aromatic N) is 2. The van der Waals surface area contributed by atoms with E-state index < -0.39 is 0 Å². The van der Waals surface area contributed by atoms with Crippen LogP contribution in [0.15, 0.2) is 58.8 Å². The van der Waals surface area contributed by atoms with Crippen LogP contribution in [0.25, 0.3) is 10.9 Å². The number of fused-ring (bicyclic) bond motifs is 1. The second kappa shape index (κ2) is 7.51. The molecule has 0 spiro atoms. The van der Waals surface area contributed by atoms with Crippen molar-refractivity contribution in [3.05, 3.63) is 59.1 Å². The Balaban J connectivity index is 1.60. The number of aromatic nitrogens is 1. The molecule has 1 heterocycles. The number of thioether (sulfide) groups is 1. The summed E-state index contributed by atoms with van der Waals surface area (Å²) < 4.78 is 0. The van der Waals surface area contributed by atoms with Crippen LogP contribution in [0.2, 0.25) is 5.02 Å². The van der Waals surface area contributed by atoms with Crippen molar-refractivity contribution in [1.29, 1.82) is 0 Å². The number of azo groups is 1. The first-order chi connectivity index (χ1) is 11.6. The molecule has 1 aromatic heterocycles. The van der Waals surface area contributed by atoms with Gasteiger partial charge in [-0.3, -0.25) is 4.79 Å². The Labute approximate surface area is 147 Å². The molecule has 122 valence electrons. The summed E-state index contributed by atoms with van der Waals surface area (Å²) in [4.78, 5) is 14.6. The molecule has 3 aromatic rings. The first kappa shape index (κ1) is 16.5. The first-order valence-electron chi connectivity index (χ1n) is 7.20. The van der Waals surface area contributed by atoms with Crippen LogP contribution >= 0.6 is 23.4 Å². The molecule has 0 bridgehead atoms. The molecule has 0 aliphatic heterocycles. The van der Waals surface area contributed by atoms with E-state index in [9.17, 15) is 9.90 Å². The number of halogens is 1. The van der Waals surface area contributed by atoms with Crippen LogP contribution < -0.4 is 0 Å². The Hall–Kier alpha value is -2.31. The van der Waals surface area contributed by atoms with Gasteiger partial charge in [-0.15, -0.1) is 22.0 Å². The van der Waals surface area contributed by atoms with E-state index >= 15 is 0 Å². The minimum absolute atomic E-state index is 0.0978. The van der Waals surface area contributed by atoms with E-state index in [0.29, 0.717) is 10.8 Å². The molecule has 0 atom stereocenters. The maximum absolute atomic E-state index is 11.8. The lowest BCUT2D eigenvalue weighted by atomic mass is 10.2. The molecular formula is C17H14ClN3O2S. The van der Waals surface area contributed by atoms with Gasteiger partial charge in [0.15, 0.2) is 5.69 Å². The van der Waals surface area contributed by atoms with Gasteiger partial charge in [0, 0.05) is 16.2 Å². The van der Waals surface area contributed by atoms with Gasteiger partial charge in [-0.1, -0.05) is 41.9 Å². The molecule has 0 aliphatic rings. The molecule has 5 nitrogen and oxygen atoms in total. The quantitative estimate of drug-likeness (QED) is 0.624. The highest BCUT2D eigenvalue weighted by Gasteiger charge is 2.10. The second-order valence-electron chi connectivity index (χ2n) is 5.08. The Morgan fingerprint density at radius 1 is 1.21 bits per heavy atom. The first-order valence-corrected chi connectivity index (χ1v) is 8.73. The number of aromatic amines is 1. The van der Waals surface area contributed by atoms with Gasteiger partial charge in [0.25, 0.3) is 5.91 Å². The number of hydrogen-bond acceptors (Lipinski definition) is 4. The number of carbonyl (C=O) groups is 1. The van der Waals surface area contributed by atoms with Gasteiger partial charge < -0.3 is 10.1 Å². The Kier molecular flexibility index (Phi) is 5.17. The highest BCUT2D eigenvalue weighted by Crippen LogP contribution is 2.35. The average Bonchev–Trinajstić information content (AvgIpc) is 2.88. The summed E-state index contributed by atoms with van der Waals surface area (Å²) in [5.41, 5.74) is 2.07. The summed E-state index contributed by atoms with van der Waals surface area (Å²) in [5, 5.41) is 18.8. The van der Waals surface area contributed by atoms with Crippen LogP contribution in [0.5, 0.6) is 5.88 Å². The van der Waals surface area contributed by atoms with Gasteiger partial charge in [-0.25, -0.2) is 0 Å². The van der Waals surface area contributed by atoms with E-state index in [1.54, 1.807) is 6.07 Å². The third kappa shape index (κ3) is 3.96. The lowest BCUT2D eigenvalue weighted by Crippen LogP contribution is -1.96. The van der Waals surface area contributed by atoms with Crippen LogP contribution in [0.4, 0.5) is 5.69 Å². The molecule has 0 radical (unpaired) electrons. The Morgan fingerprint density at radius 2 is 2.04 bits per heavy atom. The second-order valence-corrected chi connectivity index (χ2v) is 6.51. The van der Waals surface area contributed by atoms with E-state index in [0.717, 1.165) is 16.5 Å². The molecule has 0 saturated heterocycles. The van der Waals surface area contributed by atoms with Crippen LogP contribution in [0.1, 0.15) is 5.56 Å². The highest BCUT2D eigenvalue weighted by molar-refractivity contribution is 7.99. The van der Waals surface area contributed by atoms with Gasteiger partial charge in [-0.2, -0.15) is 0 Å². The third-order valence-electron chi connectivity index (χ3n) is 3.30. The number of hydrogen-bond donors (Lipinski definition) is 2. The van der Waals surface area contributed by atoms with Crippen molar-refractivity contribution in [2.24, 2.45) is 10.2 Å². The van der Waals surface area contributed by atoms with Gasteiger partial charge in [0.1, 0.15) is 0 Å². The molecule has 2 N–H and O–H groups in total. The number of H-pyrrole nitrogens is 1. The molecule has 0 saturated carbocycles. The normalized spacial score (nSPS) is 11.4. The third-order valence-corrected chi connectivity index (χ3v) is 4.53. The molecule has 0 fully saturated rings. The molecule has 3 rings (SSSR count). The maximum atomic E-state index is 11.8. The summed E-state index contributed by atoms with van der Waals surface area (Å²) in [6, 6.07) is 14.8. The zero-order valence-corrected chi connectivity index (χ0v) is 14.1. The topological polar surface area (TPSA) is 77.8 Å². The van der Waals surface area contributed by atoms with Crippen molar-refractivity contribution in [2.45, 2.75) is 5.75 Å². The minimum Gasteiger partial charge on any atom is -0.493 e. The number of para-hydroxylation sites is 1. The number of benzene rings is 2. The van der Waals surface area contributed by atoms with E-state index in [4.69, 9.17) is 11.6 Å². The maximum Gasteiger partial charge on any atom is 0.274 e. The smallest absolute Gasteiger partial charge is 0.274 e. The van der Waals surface area contributed by atoms with Gasteiger partial charge in [-0.05, 0) is 23.8 Å². The zero-order valence-electron chi connectivity index (χ0n) is 12.6. The monoisotopic (exact) mass is 359 g/mol. The fourth-order valence-electron chi connectivity index (χ4n) is 2.23. The fourth-order valence-corrected chi connectivity index (χ4v) is 3.19. The van der Waals surface area contributed by atoms with Crippen molar-refractivity contribution in [2.75, 3.05) is 5.75 Å². The van der Waals surface area contributed by atoms with Crippen molar-refractivity contribution in [3.63, 3.8) is 0 Å². The summed E-state index contributed by atoms with van der Waals surface area (Å²) in [6.45, 7) is 0. The molecule has 0 aliphatic carbocycles. The van der Waals surface area contributed by atoms with Crippen LogP contribution in [-0.2, 0) is 10.5 Å². The number of amides is 1. The summed E-state index contributed by atoms with van der Waals surface area (Å²) in [7, 11) is 0. The molecule has 7 heteroatoms.